The number of thioether (sulfide) groups is 1. The van der Waals surface area contributed by atoms with Crippen molar-refractivity contribution in [2.75, 3.05) is 6.54 Å². The zero-order valence-corrected chi connectivity index (χ0v) is 9.55. The fourth-order valence-electron chi connectivity index (χ4n) is 2.31. The standard InChI is InChI=1S/C12H17NS/c1-8(7-13)12-9(2)14-11-6-4-3-5-10(11)12/h3-6,8-9,12H,7,13H2,1-2H3. The van der Waals surface area contributed by atoms with E-state index in [1.54, 1.807) is 0 Å². The summed E-state index contributed by atoms with van der Waals surface area (Å²) in [6.07, 6.45) is 0. The first kappa shape index (κ1) is 10.1. The van der Waals surface area contributed by atoms with Gasteiger partial charge in [-0.2, -0.15) is 0 Å². The Balaban J connectivity index is 2.34. The smallest absolute Gasteiger partial charge is 0.0138 e. The summed E-state index contributed by atoms with van der Waals surface area (Å²) in [6.45, 7) is 5.34. The van der Waals surface area contributed by atoms with Gasteiger partial charge in [0.05, 0.1) is 0 Å². The van der Waals surface area contributed by atoms with E-state index in [0.29, 0.717) is 17.1 Å². The van der Waals surface area contributed by atoms with Crippen LogP contribution < -0.4 is 5.73 Å². The first-order chi connectivity index (χ1) is 6.74. The van der Waals surface area contributed by atoms with Crippen LogP contribution in [0.3, 0.4) is 0 Å². The molecule has 1 aromatic rings. The topological polar surface area (TPSA) is 26.0 Å². The number of nitrogens with two attached hydrogens (primary N) is 1. The van der Waals surface area contributed by atoms with Crippen molar-refractivity contribution in [2.24, 2.45) is 11.7 Å². The minimum absolute atomic E-state index is 0.584. The summed E-state index contributed by atoms with van der Waals surface area (Å²) >= 11 is 1.99. The van der Waals surface area contributed by atoms with E-state index in [9.17, 15) is 0 Å². The zero-order chi connectivity index (χ0) is 10.1. The van der Waals surface area contributed by atoms with Crippen LogP contribution in [0.25, 0.3) is 0 Å². The highest BCUT2D eigenvalue weighted by Gasteiger charge is 2.32. The molecule has 0 aliphatic carbocycles. The molecule has 0 amide bonds. The van der Waals surface area contributed by atoms with Gasteiger partial charge in [0.25, 0.3) is 0 Å². The van der Waals surface area contributed by atoms with Gasteiger partial charge in [-0.05, 0) is 24.1 Å². The molecule has 14 heavy (non-hydrogen) atoms. The second kappa shape index (κ2) is 3.95. The third-order valence-corrected chi connectivity index (χ3v) is 4.37. The van der Waals surface area contributed by atoms with Gasteiger partial charge in [0, 0.05) is 16.1 Å². The maximum absolute atomic E-state index is 5.76. The van der Waals surface area contributed by atoms with Crippen LogP contribution in [-0.4, -0.2) is 11.8 Å². The van der Waals surface area contributed by atoms with E-state index in [1.165, 1.54) is 10.5 Å². The summed E-state index contributed by atoms with van der Waals surface area (Å²) in [4.78, 5) is 1.45. The largest absolute Gasteiger partial charge is 0.330 e. The Morgan fingerprint density at radius 2 is 2.14 bits per heavy atom. The van der Waals surface area contributed by atoms with Gasteiger partial charge in [-0.3, -0.25) is 0 Å². The second-order valence-corrected chi connectivity index (χ2v) is 5.52. The summed E-state index contributed by atoms with van der Waals surface area (Å²) in [5.74, 6) is 1.22. The molecular formula is C12H17NS. The van der Waals surface area contributed by atoms with Crippen molar-refractivity contribution in [3.63, 3.8) is 0 Å². The van der Waals surface area contributed by atoms with Gasteiger partial charge in [0.15, 0.2) is 0 Å². The lowest BCUT2D eigenvalue weighted by atomic mass is 9.85. The van der Waals surface area contributed by atoms with Crippen LogP contribution in [0.15, 0.2) is 29.2 Å². The first-order valence-electron chi connectivity index (χ1n) is 5.19. The van der Waals surface area contributed by atoms with E-state index in [0.717, 1.165) is 6.54 Å². The minimum Gasteiger partial charge on any atom is -0.330 e. The van der Waals surface area contributed by atoms with Crippen LogP contribution in [-0.2, 0) is 0 Å². The SMILES string of the molecule is CC(CN)C1c2ccccc2SC1C. The molecule has 2 heteroatoms. The monoisotopic (exact) mass is 207 g/mol. The maximum atomic E-state index is 5.76. The molecule has 1 heterocycles. The van der Waals surface area contributed by atoms with Crippen molar-refractivity contribution in [1.82, 2.24) is 0 Å². The van der Waals surface area contributed by atoms with Gasteiger partial charge in [-0.25, -0.2) is 0 Å². The average molecular weight is 207 g/mol. The molecule has 0 spiro atoms. The fraction of sp³-hybridized carbons (Fsp3) is 0.500. The van der Waals surface area contributed by atoms with E-state index in [1.807, 2.05) is 11.8 Å². The molecule has 1 aliphatic rings. The molecule has 3 atom stereocenters. The van der Waals surface area contributed by atoms with E-state index in [2.05, 4.69) is 38.1 Å². The molecule has 0 radical (unpaired) electrons. The van der Waals surface area contributed by atoms with E-state index < -0.39 is 0 Å². The van der Waals surface area contributed by atoms with Crippen LogP contribution >= 0.6 is 11.8 Å². The van der Waals surface area contributed by atoms with E-state index in [4.69, 9.17) is 5.73 Å². The minimum atomic E-state index is 0.584. The molecule has 1 aliphatic heterocycles. The van der Waals surface area contributed by atoms with Crippen molar-refractivity contribution < 1.29 is 0 Å². The quantitative estimate of drug-likeness (QED) is 0.807. The van der Waals surface area contributed by atoms with Crippen LogP contribution in [0.4, 0.5) is 0 Å². The molecule has 3 unspecified atom stereocenters. The fourth-order valence-corrected chi connectivity index (χ4v) is 3.76. The molecule has 2 N–H and O–H groups in total. The highest BCUT2D eigenvalue weighted by molar-refractivity contribution is 8.00. The predicted molar refractivity (Wildman–Crippen MR) is 62.7 cm³/mol. The lowest BCUT2D eigenvalue weighted by molar-refractivity contribution is 0.468. The number of benzene rings is 1. The Labute approximate surface area is 90.1 Å². The third kappa shape index (κ3) is 1.57. The van der Waals surface area contributed by atoms with Crippen molar-refractivity contribution in [3.05, 3.63) is 29.8 Å². The Hall–Kier alpha value is -0.470. The number of hydrogen-bond donors (Lipinski definition) is 1. The number of rotatable bonds is 2. The Bertz CT molecular complexity index is 320. The summed E-state index contributed by atoms with van der Waals surface area (Å²) in [6, 6.07) is 8.73. The maximum Gasteiger partial charge on any atom is 0.0138 e. The number of hydrogen-bond acceptors (Lipinski definition) is 2. The number of fused-ring (bicyclic) bond motifs is 1. The molecule has 0 fully saturated rings. The molecule has 0 saturated heterocycles. The lowest BCUT2D eigenvalue weighted by Gasteiger charge is -2.22. The van der Waals surface area contributed by atoms with Crippen LogP contribution in [0.5, 0.6) is 0 Å². The highest BCUT2D eigenvalue weighted by atomic mass is 32.2. The van der Waals surface area contributed by atoms with Crippen LogP contribution in [0.1, 0.15) is 25.3 Å². The van der Waals surface area contributed by atoms with Crippen LogP contribution in [0, 0.1) is 5.92 Å². The predicted octanol–water partition coefficient (Wildman–Crippen LogP) is 2.86. The van der Waals surface area contributed by atoms with Gasteiger partial charge in [0.2, 0.25) is 0 Å². The van der Waals surface area contributed by atoms with Gasteiger partial charge >= 0.3 is 0 Å². The molecule has 1 aromatic carbocycles. The zero-order valence-electron chi connectivity index (χ0n) is 8.73. The summed E-state index contributed by atoms with van der Waals surface area (Å²) in [5, 5.41) is 0.672. The summed E-state index contributed by atoms with van der Waals surface area (Å²) in [7, 11) is 0. The van der Waals surface area contributed by atoms with Crippen LogP contribution in [0.2, 0.25) is 0 Å². The van der Waals surface area contributed by atoms with E-state index in [-0.39, 0.29) is 0 Å². The molecular weight excluding hydrogens is 190 g/mol. The second-order valence-electron chi connectivity index (χ2n) is 4.10. The molecule has 0 aromatic heterocycles. The Morgan fingerprint density at radius 3 is 2.86 bits per heavy atom. The first-order valence-corrected chi connectivity index (χ1v) is 6.07. The van der Waals surface area contributed by atoms with Crippen molar-refractivity contribution >= 4 is 11.8 Å². The van der Waals surface area contributed by atoms with Gasteiger partial charge in [-0.15, -0.1) is 11.8 Å². The van der Waals surface area contributed by atoms with Crippen molar-refractivity contribution in [1.29, 1.82) is 0 Å². The summed E-state index contributed by atoms with van der Waals surface area (Å²) < 4.78 is 0. The third-order valence-electron chi connectivity index (χ3n) is 3.08. The summed E-state index contributed by atoms with van der Waals surface area (Å²) in [5.41, 5.74) is 7.26. The van der Waals surface area contributed by atoms with Gasteiger partial charge < -0.3 is 5.73 Å². The molecule has 0 bridgehead atoms. The van der Waals surface area contributed by atoms with Gasteiger partial charge in [-0.1, -0.05) is 32.0 Å². The molecule has 1 nitrogen and oxygen atoms in total. The van der Waals surface area contributed by atoms with Gasteiger partial charge in [0.1, 0.15) is 0 Å². The molecule has 0 saturated carbocycles. The normalized spacial score (nSPS) is 27.4. The van der Waals surface area contributed by atoms with Crippen molar-refractivity contribution in [3.8, 4) is 0 Å². The Kier molecular flexibility index (Phi) is 2.84. The highest BCUT2D eigenvalue weighted by Crippen LogP contribution is 2.48. The average Bonchev–Trinajstić information content (AvgIpc) is 2.53. The van der Waals surface area contributed by atoms with Crippen molar-refractivity contribution in [2.45, 2.75) is 29.9 Å². The lowest BCUT2D eigenvalue weighted by Crippen LogP contribution is -2.22. The molecule has 76 valence electrons. The Morgan fingerprint density at radius 1 is 1.43 bits per heavy atom. The molecule has 2 rings (SSSR count). The van der Waals surface area contributed by atoms with E-state index >= 15 is 0 Å².